The van der Waals surface area contributed by atoms with Gasteiger partial charge in [-0.2, -0.15) is 0 Å². The minimum Gasteiger partial charge on any atom is -0.493 e. The summed E-state index contributed by atoms with van der Waals surface area (Å²) in [6.07, 6.45) is 2.10. The van der Waals surface area contributed by atoms with Crippen molar-refractivity contribution in [1.29, 1.82) is 0 Å². The van der Waals surface area contributed by atoms with Crippen LogP contribution in [0.2, 0.25) is 0 Å². The number of benzene rings is 1. The molecule has 0 saturated heterocycles. The molecule has 7 heteroatoms. The third kappa shape index (κ3) is 8.87. The molecule has 0 spiro atoms. The smallest absolute Gasteiger partial charge is 0.334 e. The highest BCUT2D eigenvalue weighted by Crippen LogP contribution is 2.32. The second-order valence-electron chi connectivity index (χ2n) is 9.25. The second kappa shape index (κ2) is 12.1. The van der Waals surface area contributed by atoms with Gasteiger partial charge in [0.2, 0.25) is 0 Å². The Morgan fingerprint density at radius 1 is 1.13 bits per heavy atom. The van der Waals surface area contributed by atoms with Crippen LogP contribution in [0, 0.1) is 11.8 Å². The van der Waals surface area contributed by atoms with E-state index in [1.165, 1.54) is 0 Å². The maximum Gasteiger partial charge on any atom is 0.334 e. The fourth-order valence-electron chi connectivity index (χ4n) is 3.18. The monoisotopic (exact) mass is 437 g/mol. The van der Waals surface area contributed by atoms with Crippen molar-refractivity contribution in [2.45, 2.75) is 65.0 Å². The van der Waals surface area contributed by atoms with Crippen LogP contribution in [-0.2, 0) is 25.5 Å². The van der Waals surface area contributed by atoms with E-state index in [9.17, 15) is 9.59 Å². The Bertz CT molecular complexity index is 713. The van der Waals surface area contributed by atoms with E-state index in [1.54, 1.807) is 35.0 Å². The van der Waals surface area contributed by atoms with Gasteiger partial charge in [-0.25, -0.2) is 4.79 Å². The number of ether oxygens (including phenoxy) is 4. The van der Waals surface area contributed by atoms with Crippen LogP contribution in [0.5, 0.6) is 11.5 Å². The van der Waals surface area contributed by atoms with Gasteiger partial charge >= 0.3 is 5.97 Å². The molecule has 2 N–H and O–H groups in total. The van der Waals surface area contributed by atoms with Crippen molar-refractivity contribution >= 4 is 12.3 Å². The number of methoxy groups -OCH3 is 2. The molecule has 7 nitrogen and oxygen atoms in total. The van der Waals surface area contributed by atoms with E-state index in [0.29, 0.717) is 37.4 Å². The molecule has 0 aromatic heterocycles. The summed E-state index contributed by atoms with van der Waals surface area (Å²) in [5.41, 5.74) is 4.82. The van der Waals surface area contributed by atoms with Crippen molar-refractivity contribution < 1.29 is 28.5 Å². The van der Waals surface area contributed by atoms with Gasteiger partial charge in [0.15, 0.2) is 23.3 Å². The molecule has 0 aliphatic heterocycles. The van der Waals surface area contributed by atoms with Gasteiger partial charge in [0.1, 0.15) is 5.60 Å². The second-order valence-corrected chi connectivity index (χ2v) is 9.25. The van der Waals surface area contributed by atoms with Crippen molar-refractivity contribution in [2.24, 2.45) is 17.6 Å². The van der Waals surface area contributed by atoms with Crippen molar-refractivity contribution in [1.82, 2.24) is 0 Å². The van der Waals surface area contributed by atoms with Crippen LogP contribution in [0.4, 0.5) is 0 Å². The highest BCUT2D eigenvalue weighted by molar-refractivity contribution is 5.98. The summed E-state index contributed by atoms with van der Waals surface area (Å²) in [5.74, 6) is 0.783. The van der Waals surface area contributed by atoms with Gasteiger partial charge in [0.05, 0.1) is 13.7 Å². The third-order valence-corrected chi connectivity index (χ3v) is 5.01. The van der Waals surface area contributed by atoms with E-state index < -0.39 is 17.1 Å². The molecule has 1 aromatic carbocycles. The predicted octanol–water partition coefficient (Wildman–Crippen LogP) is 3.55. The van der Waals surface area contributed by atoms with E-state index in [1.807, 2.05) is 18.2 Å². The minimum absolute atomic E-state index is 0.0162. The molecule has 0 heterocycles. The molecule has 176 valence electrons. The minimum atomic E-state index is -1.69. The number of hydrogen-bond donors (Lipinski definition) is 1. The van der Waals surface area contributed by atoms with Gasteiger partial charge in [-0.15, -0.1) is 0 Å². The van der Waals surface area contributed by atoms with E-state index in [-0.39, 0.29) is 18.3 Å². The van der Waals surface area contributed by atoms with Crippen LogP contribution < -0.4 is 15.2 Å². The molecule has 2 atom stereocenters. The number of esters is 1. The summed E-state index contributed by atoms with van der Waals surface area (Å²) in [6.45, 7) is 10.5. The van der Waals surface area contributed by atoms with E-state index in [2.05, 4.69) is 13.8 Å². The predicted molar refractivity (Wildman–Crippen MR) is 120 cm³/mol. The van der Waals surface area contributed by atoms with Crippen molar-refractivity contribution in [2.75, 3.05) is 27.4 Å². The van der Waals surface area contributed by atoms with Crippen LogP contribution >= 0.6 is 0 Å². The zero-order chi connectivity index (χ0) is 23.7. The Morgan fingerprint density at radius 3 is 2.32 bits per heavy atom. The van der Waals surface area contributed by atoms with Crippen molar-refractivity contribution in [3.05, 3.63) is 23.8 Å². The molecule has 0 saturated carbocycles. The lowest BCUT2D eigenvalue weighted by Crippen LogP contribution is -2.54. The quantitative estimate of drug-likeness (QED) is 0.218. The molecule has 0 radical (unpaired) electrons. The fourth-order valence-corrected chi connectivity index (χ4v) is 3.18. The van der Waals surface area contributed by atoms with E-state index in [4.69, 9.17) is 24.7 Å². The Morgan fingerprint density at radius 2 is 1.81 bits per heavy atom. The molecule has 0 fully saturated rings. The lowest BCUT2D eigenvalue weighted by molar-refractivity contribution is -0.163. The summed E-state index contributed by atoms with van der Waals surface area (Å²) in [5, 5.41) is 0. The van der Waals surface area contributed by atoms with Gasteiger partial charge in [0.25, 0.3) is 0 Å². The lowest BCUT2D eigenvalue weighted by Gasteiger charge is -2.31. The Balaban J connectivity index is 3.01. The third-order valence-electron chi connectivity index (χ3n) is 5.01. The zero-order valence-electron chi connectivity index (χ0n) is 20.0. The summed E-state index contributed by atoms with van der Waals surface area (Å²) < 4.78 is 21.7. The Labute approximate surface area is 186 Å². The number of carbonyl (C=O) groups excluding carboxylic acids is 2. The largest absolute Gasteiger partial charge is 0.493 e. The standard InChI is InChI=1S/C24H39NO6/c1-17(2)19(15-24(25,16-26)22(27)31-23(3,4)5)13-18-9-10-20(29-7)21(14-18)30-12-8-11-28-6/h9-10,14,16-17,19H,8,11-13,15,25H2,1-7H3/t19-,24-/m0/s1. The number of rotatable bonds is 13. The highest BCUT2D eigenvalue weighted by atomic mass is 16.6. The molecule has 1 aromatic rings. The maximum atomic E-state index is 12.6. The molecular weight excluding hydrogens is 398 g/mol. The number of carbonyl (C=O) groups is 2. The first-order valence-electron chi connectivity index (χ1n) is 10.7. The van der Waals surface area contributed by atoms with Crippen LogP contribution in [0.15, 0.2) is 18.2 Å². The first-order valence-corrected chi connectivity index (χ1v) is 10.7. The summed E-state index contributed by atoms with van der Waals surface area (Å²) >= 11 is 0. The topological polar surface area (TPSA) is 97.1 Å². The SMILES string of the molecule is COCCCOc1cc(C[C@@H](C[C@](N)(C=O)C(=O)OC(C)(C)C)C(C)C)ccc1OC. The lowest BCUT2D eigenvalue weighted by atomic mass is 9.79. The molecule has 31 heavy (non-hydrogen) atoms. The number of nitrogens with two attached hydrogens (primary N) is 1. The van der Waals surface area contributed by atoms with Crippen molar-refractivity contribution in [3.63, 3.8) is 0 Å². The van der Waals surface area contributed by atoms with Gasteiger partial charge in [0, 0.05) is 20.1 Å². The normalized spacial score (nSPS) is 14.6. The number of aldehydes is 1. The maximum absolute atomic E-state index is 12.6. The first kappa shape index (κ1) is 26.9. The van der Waals surface area contributed by atoms with Crippen LogP contribution in [0.1, 0.15) is 53.0 Å². The summed E-state index contributed by atoms with van der Waals surface area (Å²) in [6, 6.07) is 5.76. The average molecular weight is 438 g/mol. The van der Waals surface area contributed by atoms with E-state index >= 15 is 0 Å². The molecular formula is C24H39NO6. The van der Waals surface area contributed by atoms with Gasteiger partial charge < -0.3 is 29.5 Å². The Hall–Kier alpha value is -2.12. The fraction of sp³-hybridized carbons (Fsp3) is 0.667. The van der Waals surface area contributed by atoms with Crippen LogP contribution in [-0.4, -0.2) is 50.8 Å². The van der Waals surface area contributed by atoms with Gasteiger partial charge in [-0.1, -0.05) is 19.9 Å². The first-order chi connectivity index (χ1) is 14.5. The van der Waals surface area contributed by atoms with Gasteiger partial charge in [-0.05, 0) is 63.1 Å². The highest BCUT2D eigenvalue weighted by Gasteiger charge is 2.40. The zero-order valence-corrected chi connectivity index (χ0v) is 20.0. The molecule has 0 aliphatic rings. The summed E-state index contributed by atoms with van der Waals surface area (Å²) in [4.78, 5) is 24.4. The van der Waals surface area contributed by atoms with Crippen molar-refractivity contribution in [3.8, 4) is 11.5 Å². The van der Waals surface area contributed by atoms with Crippen LogP contribution in [0.25, 0.3) is 0 Å². The molecule has 0 amide bonds. The average Bonchev–Trinajstić information content (AvgIpc) is 2.69. The molecule has 0 unspecified atom stereocenters. The Kier molecular flexibility index (Phi) is 10.5. The number of hydrogen-bond acceptors (Lipinski definition) is 7. The molecule has 0 bridgehead atoms. The summed E-state index contributed by atoms with van der Waals surface area (Å²) in [7, 11) is 3.25. The van der Waals surface area contributed by atoms with Crippen LogP contribution in [0.3, 0.4) is 0 Å². The molecule has 1 rings (SSSR count). The van der Waals surface area contributed by atoms with E-state index in [0.717, 1.165) is 12.0 Å². The van der Waals surface area contributed by atoms with Gasteiger partial charge in [-0.3, -0.25) is 0 Å². The molecule has 0 aliphatic carbocycles.